The molecule has 0 saturated heterocycles. The van der Waals surface area contributed by atoms with Crippen LogP contribution in [0.25, 0.3) is 16.8 Å². The quantitative estimate of drug-likeness (QED) is 0.670. The monoisotopic (exact) mass is 330 g/mol. The molecule has 0 aliphatic heterocycles. The van der Waals surface area contributed by atoms with E-state index >= 15 is 0 Å². The predicted octanol–water partition coefficient (Wildman–Crippen LogP) is 4.24. The number of nitrogens with two attached hydrogens (primary N) is 1. The highest BCUT2D eigenvalue weighted by Crippen LogP contribution is 2.41. The second kappa shape index (κ2) is 6.34. The summed E-state index contributed by atoms with van der Waals surface area (Å²) in [7, 11) is 0. The number of hydrogen-bond donors (Lipinski definition) is 1. The lowest BCUT2D eigenvalue weighted by Crippen LogP contribution is -2.02. The average Bonchev–Trinajstić information content (AvgIpc) is 2.54. The molecule has 6 nitrogen and oxygen atoms in total. The molecule has 0 bridgehead atoms. The Kier molecular flexibility index (Phi) is 4.25. The molecule has 3 rings (SSSR count). The van der Waals surface area contributed by atoms with Crippen LogP contribution in [0.3, 0.4) is 0 Å². The number of rotatable bonds is 3. The van der Waals surface area contributed by atoms with Gasteiger partial charge in [0.2, 0.25) is 5.95 Å². The van der Waals surface area contributed by atoms with Gasteiger partial charge in [0.15, 0.2) is 0 Å². The van der Waals surface area contributed by atoms with Crippen molar-refractivity contribution < 1.29 is 4.92 Å². The Hall–Kier alpha value is -2.47. The molecular formula is C16H15ClN4O2. The maximum Gasteiger partial charge on any atom is 0.280 e. The first kappa shape index (κ1) is 15.4. The van der Waals surface area contributed by atoms with E-state index in [1.807, 2.05) is 0 Å². The van der Waals surface area contributed by atoms with Crippen molar-refractivity contribution in [2.24, 2.45) is 0 Å². The minimum Gasteiger partial charge on any atom is -0.368 e. The van der Waals surface area contributed by atoms with Crippen LogP contribution < -0.4 is 5.73 Å². The van der Waals surface area contributed by atoms with Crippen LogP contribution in [0.2, 0.25) is 5.02 Å². The van der Waals surface area contributed by atoms with Crippen LogP contribution in [-0.4, -0.2) is 14.9 Å². The van der Waals surface area contributed by atoms with Gasteiger partial charge in [0, 0.05) is 17.3 Å². The Balaban J connectivity index is 2.29. The summed E-state index contributed by atoms with van der Waals surface area (Å²) in [6, 6.07) is 4.74. The molecule has 0 unspecified atom stereocenters. The molecule has 118 valence electrons. The zero-order valence-electron chi connectivity index (χ0n) is 12.3. The molecular weight excluding hydrogens is 316 g/mol. The Morgan fingerprint density at radius 3 is 2.78 bits per heavy atom. The maximum atomic E-state index is 11.5. The molecule has 1 heterocycles. The Morgan fingerprint density at radius 1 is 1.30 bits per heavy atom. The molecule has 0 amide bonds. The number of nitrogens with zero attached hydrogens (tertiary/aromatic N) is 3. The predicted molar refractivity (Wildman–Crippen MR) is 90.0 cm³/mol. The van der Waals surface area contributed by atoms with E-state index in [0.29, 0.717) is 16.3 Å². The summed E-state index contributed by atoms with van der Waals surface area (Å²) >= 11 is 6.11. The molecule has 0 atom stereocenters. The zero-order valence-corrected chi connectivity index (χ0v) is 13.1. The molecule has 1 aromatic carbocycles. The lowest BCUT2D eigenvalue weighted by molar-refractivity contribution is -0.384. The lowest BCUT2D eigenvalue weighted by Gasteiger charge is -2.17. The summed E-state index contributed by atoms with van der Waals surface area (Å²) in [4.78, 5) is 19.1. The number of nitro groups is 1. The number of aromatic nitrogens is 2. The fraction of sp³-hybridized carbons (Fsp3) is 0.250. The highest BCUT2D eigenvalue weighted by atomic mass is 35.5. The third kappa shape index (κ3) is 3.17. The van der Waals surface area contributed by atoms with Crippen LogP contribution in [0.5, 0.6) is 0 Å². The molecule has 7 heteroatoms. The summed E-state index contributed by atoms with van der Waals surface area (Å²) in [5.74, 6) is 0.0790. The summed E-state index contributed by atoms with van der Waals surface area (Å²) in [6.45, 7) is 0. The van der Waals surface area contributed by atoms with E-state index in [2.05, 4.69) is 16.0 Å². The standard InChI is InChI=1S/C16H15ClN4O2/c17-11-8-12(10-4-2-1-3-5-10)15(14(9-11)21(22)23)13-6-7-19-16(18)20-13/h4,6-9H,1-3,5H2,(H2,18,19,20). The number of nitro benzene ring substituents is 1. The van der Waals surface area contributed by atoms with Crippen molar-refractivity contribution in [3.63, 3.8) is 0 Å². The maximum absolute atomic E-state index is 11.5. The third-order valence-electron chi connectivity index (χ3n) is 3.85. The van der Waals surface area contributed by atoms with E-state index in [4.69, 9.17) is 17.3 Å². The van der Waals surface area contributed by atoms with Gasteiger partial charge in [-0.25, -0.2) is 9.97 Å². The van der Waals surface area contributed by atoms with Crippen LogP contribution in [0.4, 0.5) is 11.6 Å². The fourth-order valence-electron chi connectivity index (χ4n) is 2.85. The lowest BCUT2D eigenvalue weighted by atomic mass is 9.89. The van der Waals surface area contributed by atoms with E-state index in [1.54, 1.807) is 12.1 Å². The van der Waals surface area contributed by atoms with Crippen molar-refractivity contribution in [2.75, 3.05) is 5.73 Å². The smallest absolute Gasteiger partial charge is 0.280 e. The normalized spacial score (nSPS) is 14.4. The second-order valence-corrected chi connectivity index (χ2v) is 5.82. The Morgan fingerprint density at radius 2 is 2.13 bits per heavy atom. The average molecular weight is 331 g/mol. The van der Waals surface area contributed by atoms with E-state index in [0.717, 1.165) is 36.8 Å². The van der Waals surface area contributed by atoms with Gasteiger partial charge in [-0.1, -0.05) is 17.7 Å². The van der Waals surface area contributed by atoms with Gasteiger partial charge in [-0.05, 0) is 49.0 Å². The first-order valence-electron chi connectivity index (χ1n) is 7.32. The van der Waals surface area contributed by atoms with Crippen LogP contribution in [0, 0.1) is 10.1 Å². The molecule has 23 heavy (non-hydrogen) atoms. The van der Waals surface area contributed by atoms with E-state index in [9.17, 15) is 10.1 Å². The van der Waals surface area contributed by atoms with Gasteiger partial charge in [0.25, 0.3) is 5.69 Å². The van der Waals surface area contributed by atoms with E-state index < -0.39 is 4.92 Å². The highest BCUT2D eigenvalue weighted by Gasteiger charge is 2.24. The first-order chi connectivity index (χ1) is 11.1. The summed E-state index contributed by atoms with van der Waals surface area (Å²) in [6.07, 6.45) is 7.62. The van der Waals surface area contributed by atoms with Crippen molar-refractivity contribution in [2.45, 2.75) is 25.7 Å². The van der Waals surface area contributed by atoms with Crippen molar-refractivity contribution >= 4 is 28.8 Å². The zero-order chi connectivity index (χ0) is 16.4. The molecule has 1 aliphatic carbocycles. The van der Waals surface area contributed by atoms with Crippen molar-refractivity contribution in [3.05, 3.63) is 51.2 Å². The van der Waals surface area contributed by atoms with Gasteiger partial charge in [0.1, 0.15) is 0 Å². The summed E-state index contributed by atoms with van der Waals surface area (Å²) in [5, 5.41) is 11.9. The first-order valence-corrected chi connectivity index (χ1v) is 7.70. The van der Waals surface area contributed by atoms with Crippen LogP contribution in [0.1, 0.15) is 31.2 Å². The molecule has 0 fully saturated rings. The molecule has 0 radical (unpaired) electrons. The number of anilines is 1. The SMILES string of the molecule is Nc1nccc(-c2c(C3=CCCCC3)cc(Cl)cc2[N+](=O)[O-])n1. The topological polar surface area (TPSA) is 94.9 Å². The van der Waals surface area contributed by atoms with Crippen LogP contribution in [-0.2, 0) is 0 Å². The highest BCUT2D eigenvalue weighted by molar-refractivity contribution is 6.31. The number of allylic oxidation sites excluding steroid dienone is 2. The van der Waals surface area contributed by atoms with Crippen molar-refractivity contribution in [1.82, 2.24) is 9.97 Å². The Bertz CT molecular complexity index is 805. The van der Waals surface area contributed by atoms with Gasteiger partial charge in [-0.15, -0.1) is 0 Å². The number of nitrogen functional groups attached to an aromatic ring is 1. The molecule has 0 spiro atoms. The fourth-order valence-corrected chi connectivity index (χ4v) is 3.07. The second-order valence-electron chi connectivity index (χ2n) is 5.38. The minimum atomic E-state index is -0.438. The summed E-state index contributed by atoms with van der Waals surface area (Å²) < 4.78 is 0. The molecule has 2 aromatic rings. The molecule has 2 N–H and O–H groups in total. The third-order valence-corrected chi connectivity index (χ3v) is 4.06. The Labute approximate surface area is 138 Å². The van der Waals surface area contributed by atoms with Gasteiger partial charge >= 0.3 is 0 Å². The summed E-state index contributed by atoms with van der Waals surface area (Å²) in [5.41, 5.74) is 8.27. The van der Waals surface area contributed by atoms with Gasteiger partial charge < -0.3 is 5.73 Å². The molecule has 1 aromatic heterocycles. The van der Waals surface area contributed by atoms with Crippen molar-refractivity contribution in [1.29, 1.82) is 0 Å². The van der Waals surface area contributed by atoms with Crippen molar-refractivity contribution in [3.8, 4) is 11.3 Å². The van der Waals surface area contributed by atoms with Crippen LogP contribution >= 0.6 is 11.6 Å². The molecule has 1 aliphatic rings. The number of hydrogen-bond acceptors (Lipinski definition) is 5. The van der Waals surface area contributed by atoms with E-state index in [-0.39, 0.29) is 11.6 Å². The van der Waals surface area contributed by atoms with Gasteiger partial charge in [-0.2, -0.15) is 0 Å². The number of benzene rings is 1. The number of halogens is 1. The van der Waals surface area contributed by atoms with Gasteiger partial charge in [-0.3, -0.25) is 10.1 Å². The molecule has 0 saturated carbocycles. The van der Waals surface area contributed by atoms with Gasteiger partial charge in [0.05, 0.1) is 16.2 Å². The van der Waals surface area contributed by atoms with E-state index in [1.165, 1.54) is 12.3 Å². The largest absolute Gasteiger partial charge is 0.368 e. The minimum absolute atomic E-state index is 0.0722. The van der Waals surface area contributed by atoms with Crippen LogP contribution in [0.15, 0.2) is 30.5 Å².